The van der Waals surface area contributed by atoms with Gasteiger partial charge in [-0.3, -0.25) is 0 Å². The highest BCUT2D eigenvalue weighted by atomic mass is 16.6. The van der Waals surface area contributed by atoms with E-state index in [0.29, 0.717) is 78.6 Å². The molecule has 0 fully saturated rings. The van der Waals surface area contributed by atoms with Crippen molar-refractivity contribution in [3.05, 3.63) is 169 Å². The number of hydrogen-bond acceptors (Lipinski definition) is 12. The standard InChI is InChI=1S/C24H21NO4.C16H20O3.C13H15NO3/c1-15-7-9-19-21(13-15)28-22-14-16(27-12-4-11-25)8-10-20(22)24(19)18-6-3-2-5-17(18)23(26)29-24;1-11(2)5-4-8-18-13-6-7-14-12(3)9-16(17)19-15(14)10-13;1-9-7-13(15)17-12-8-10(3-4-11(9)12)16-6-2-5-14/h2-3,5-10,13-14H,4,11-12,25H2,1H3;6-7,9-11H,4-5,8H2,1-3H3;3-4,7-8H,2,5-6,14H2,1H3. The third-order valence-corrected chi connectivity index (χ3v) is 11.1. The first kappa shape index (κ1) is 46.1. The monoisotopic (exact) mass is 880 g/mol. The van der Waals surface area contributed by atoms with Crippen LogP contribution < -0.4 is 41.7 Å². The molecule has 12 nitrogen and oxygen atoms in total. The fourth-order valence-corrected chi connectivity index (χ4v) is 7.87. The Labute approximate surface area is 378 Å². The summed E-state index contributed by atoms with van der Waals surface area (Å²) in [5.41, 5.74) is 16.3. The molecule has 9 rings (SSSR count). The molecule has 0 radical (unpaired) electrons. The Morgan fingerprint density at radius 3 is 1.65 bits per heavy atom. The van der Waals surface area contributed by atoms with Gasteiger partial charge in [-0.2, -0.15) is 0 Å². The van der Waals surface area contributed by atoms with Crippen LogP contribution in [0.25, 0.3) is 21.9 Å². The number of aryl methyl sites for hydroxylation is 3. The van der Waals surface area contributed by atoms with Gasteiger partial charge in [-0.05, 0) is 131 Å². The predicted octanol–water partition coefficient (Wildman–Crippen LogP) is 10.0. The van der Waals surface area contributed by atoms with Crippen molar-refractivity contribution in [3.63, 3.8) is 0 Å². The summed E-state index contributed by atoms with van der Waals surface area (Å²) in [7, 11) is 0. The van der Waals surface area contributed by atoms with Gasteiger partial charge in [0.05, 0.1) is 25.4 Å². The second kappa shape index (κ2) is 20.7. The molecule has 0 amide bonds. The molecule has 1 unspecified atom stereocenters. The Balaban J connectivity index is 0.000000153. The summed E-state index contributed by atoms with van der Waals surface area (Å²) in [5, 5.41) is 1.88. The van der Waals surface area contributed by atoms with Gasteiger partial charge in [0.2, 0.25) is 0 Å². The van der Waals surface area contributed by atoms with Gasteiger partial charge < -0.3 is 44.0 Å². The zero-order valence-corrected chi connectivity index (χ0v) is 37.6. The highest BCUT2D eigenvalue weighted by Crippen LogP contribution is 2.56. The van der Waals surface area contributed by atoms with E-state index in [0.717, 1.165) is 75.6 Å². The number of benzene rings is 5. The van der Waals surface area contributed by atoms with E-state index in [1.807, 2.05) is 99.6 Å². The molecule has 5 aromatic carbocycles. The number of hydrogen-bond donors (Lipinski definition) is 2. The molecule has 0 aliphatic carbocycles. The minimum absolute atomic E-state index is 0.318. The summed E-state index contributed by atoms with van der Waals surface area (Å²) < 4.78 is 39.7. The molecule has 0 saturated carbocycles. The van der Waals surface area contributed by atoms with Crippen LogP contribution >= 0.6 is 0 Å². The van der Waals surface area contributed by atoms with Crippen LogP contribution in [-0.2, 0) is 10.3 Å². The zero-order chi connectivity index (χ0) is 46.1. The Hall–Kier alpha value is -6.89. The van der Waals surface area contributed by atoms with Crippen molar-refractivity contribution in [2.24, 2.45) is 17.4 Å². The molecule has 2 aliphatic rings. The molecule has 4 N–H and O–H groups in total. The first-order valence-corrected chi connectivity index (χ1v) is 22.0. The molecule has 338 valence electrons. The average Bonchev–Trinajstić information content (AvgIpc) is 3.57. The summed E-state index contributed by atoms with van der Waals surface area (Å²) in [6.07, 6.45) is 3.76. The van der Waals surface area contributed by atoms with Gasteiger partial charge in [-0.25, -0.2) is 14.4 Å². The zero-order valence-electron chi connectivity index (χ0n) is 37.6. The lowest BCUT2D eigenvalue weighted by atomic mass is 9.77. The van der Waals surface area contributed by atoms with Gasteiger partial charge in [-0.15, -0.1) is 0 Å². The van der Waals surface area contributed by atoms with E-state index in [9.17, 15) is 14.4 Å². The summed E-state index contributed by atoms with van der Waals surface area (Å²) in [5.74, 6) is 3.81. The highest BCUT2D eigenvalue weighted by Gasteiger charge is 2.53. The summed E-state index contributed by atoms with van der Waals surface area (Å²) >= 11 is 0. The quantitative estimate of drug-likeness (QED) is 0.0638. The van der Waals surface area contributed by atoms with Crippen LogP contribution in [0, 0.1) is 26.7 Å². The lowest BCUT2D eigenvalue weighted by Gasteiger charge is -2.36. The molecular formula is C53H56N2O10. The van der Waals surface area contributed by atoms with E-state index in [1.165, 1.54) is 12.1 Å². The number of carbonyl (C=O) groups excluding carboxylic acids is 1. The van der Waals surface area contributed by atoms with Crippen LogP contribution in [0.1, 0.15) is 83.3 Å². The molecule has 4 heterocycles. The van der Waals surface area contributed by atoms with Crippen LogP contribution in [0.15, 0.2) is 128 Å². The van der Waals surface area contributed by atoms with Gasteiger partial charge in [0, 0.05) is 57.8 Å². The molecular weight excluding hydrogens is 825 g/mol. The molecule has 65 heavy (non-hydrogen) atoms. The Kier molecular flexibility index (Phi) is 14.7. The van der Waals surface area contributed by atoms with E-state index in [1.54, 1.807) is 18.2 Å². The summed E-state index contributed by atoms with van der Waals surface area (Å²) in [4.78, 5) is 35.4. The molecule has 12 heteroatoms. The smallest absolute Gasteiger partial charge is 0.340 e. The fraction of sp³-hybridized carbons (Fsp3) is 0.302. The van der Waals surface area contributed by atoms with E-state index in [2.05, 4.69) is 13.8 Å². The van der Waals surface area contributed by atoms with E-state index < -0.39 is 5.60 Å². The minimum Gasteiger partial charge on any atom is -0.493 e. The summed E-state index contributed by atoms with van der Waals surface area (Å²) in [6, 6.07) is 33.3. The Bertz CT molecular complexity index is 2920. The molecule has 2 aliphatic heterocycles. The molecule has 2 aromatic heterocycles. The highest BCUT2D eigenvalue weighted by molar-refractivity contribution is 5.97. The number of rotatable bonds is 13. The first-order valence-electron chi connectivity index (χ1n) is 22.0. The van der Waals surface area contributed by atoms with Gasteiger partial charge in [0.15, 0.2) is 5.60 Å². The molecule has 0 bridgehead atoms. The lowest BCUT2D eigenvalue weighted by Crippen LogP contribution is -2.33. The first-order chi connectivity index (χ1) is 31.4. The maximum Gasteiger partial charge on any atom is 0.340 e. The predicted molar refractivity (Wildman–Crippen MR) is 252 cm³/mol. The minimum atomic E-state index is -1.03. The van der Waals surface area contributed by atoms with Crippen LogP contribution in [0.3, 0.4) is 0 Å². The van der Waals surface area contributed by atoms with Gasteiger partial charge >= 0.3 is 17.2 Å². The van der Waals surface area contributed by atoms with Crippen LogP contribution in [0.5, 0.6) is 28.7 Å². The third-order valence-electron chi connectivity index (χ3n) is 11.1. The van der Waals surface area contributed by atoms with Crippen molar-refractivity contribution in [2.75, 3.05) is 32.9 Å². The number of nitrogens with two attached hydrogens (primary N) is 2. The Morgan fingerprint density at radius 2 is 1.08 bits per heavy atom. The maximum absolute atomic E-state index is 12.8. The second-order valence-corrected chi connectivity index (χ2v) is 16.6. The van der Waals surface area contributed by atoms with Crippen LogP contribution in [0.4, 0.5) is 0 Å². The average molecular weight is 881 g/mol. The number of carbonyl (C=O) groups is 1. The van der Waals surface area contributed by atoms with E-state index >= 15 is 0 Å². The van der Waals surface area contributed by atoms with Gasteiger partial charge in [-0.1, -0.05) is 44.2 Å². The van der Waals surface area contributed by atoms with Crippen molar-refractivity contribution in [2.45, 2.75) is 65.9 Å². The van der Waals surface area contributed by atoms with Crippen LogP contribution in [-0.4, -0.2) is 38.9 Å². The molecule has 7 aromatic rings. The van der Waals surface area contributed by atoms with Crippen molar-refractivity contribution in [1.29, 1.82) is 0 Å². The number of esters is 1. The number of ether oxygens (including phenoxy) is 5. The van der Waals surface area contributed by atoms with Crippen molar-refractivity contribution in [3.8, 4) is 28.7 Å². The summed E-state index contributed by atoms with van der Waals surface area (Å²) in [6.45, 7) is 13.2. The number of fused-ring (bicyclic) bond motifs is 8. The van der Waals surface area contributed by atoms with E-state index in [4.69, 9.17) is 44.0 Å². The van der Waals surface area contributed by atoms with Gasteiger partial charge in [0.1, 0.15) is 39.9 Å². The molecule has 1 atom stereocenters. The normalized spacial score (nSPS) is 14.3. The fourth-order valence-electron chi connectivity index (χ4n) is 7.87. The largest absolute Gasteiger partial charge is 0.493 e. The van der Waals surface area contributed by atoms with E-state index in [-0.39, 0.29) is 17.2 Å². The second-order valence-electron chi connectivity index (χ2n) is 16.6. The van der Waals surface area contributed by atoms with Crippen molar-refractivity contribution in [1.82, 2.24) is 0 Å². The van der Waals surface area contributed by atoms with Crippen LogP contribution in [0.2, 0.25) is 0 Å². The molecule has 0 saturated heterocycles. The lowest BCUT2D eigenvalue weighted by molar-refractivity contribution is 0.0224. The Morgan fingerprint density at radius 1 is 0.569 bits per heavy atom. The third kappa shape index (κ3) is 10.6. The molecule has 1 spiro atoms. The SMILES string of the molecule is Cc1cc(=O)oc2cc(OCCCC(C)C)ccc12.Cc1cc(=O)oc2cc(OCCCN)ccc12.Cc1ccc2c(c1)Oc1cc(OCCCN)ccc1C21OC(=O)c2ccccc21. The van der Waals surface area contributed by atoms with Gasteiger partial charge in [0.25, 0.3) is 0 Å². The topological polar surface area (TPSA) is 176 Å². The van der Waals surface area contributed by atoms with Crippen molar-refractivity contribution < 1.29 is 37.3 Å². The van der Waals surface area contributed by atoms with Crippen molar-refractivity contribution >= 4 is 27.9 Å². The maximum atomic E-state index is 12.8.